The summed E-state index contributed by atoms with van der Waals surface area (Å²) in [6.07, 6.45) is 9.81. The minimum Gasteiger partial charge on any atom is -0.497 e. The highest BCUT2D eigenvalue weighted by molar-refractivity contribution is 5.83. The van der Waals surface area contributed by atoms with E-state index in [1.165, 1.54) is 0 Å². The molecule has 0 aromatic heterocycles. The van der Waals surface area contributed by atoms with Crippen LogP contribution < -0.4 is 20.3 Å². The predicted molar refractivity (Wildman–Crippen MR) is 134 cm³/mol. The first kappa shape index (κ1) is 26.6. The molecular weight excluding hydrogens is 432 g/mol. The maximum absolute atomic E-state index is 11.8. The fourth-order valence-corrected chi connectivity index (χ4v) is 3.13. The average Bonchev–Trinajstić information content (AvgIpc) is 2.86. The topological polar surface area (TPSA) is 101 Å². The Labute approximate surface area is 201 Å². The van der Waals surface area contributed by atoms with Gasteiger partial charge in [-0.3, -0.25) is 9.59 Å². The second-order valence-electron chi connectivity index (χ2n) is 7.75. The number of nitrogens with zero attached hydrogens (tertiary/aromatic N) is 2. The summed E-state index contributed by atoms with van der Waals surface area (Å²) in [6, 6.07) is 14.8. The first-order valence-corrected chi connectivity index (χ1v) is 11.5. The van der Waals surface area contributed by atoms with Crippen LogP contribution in [-0.2, 0) is 9.59 Å². The number of methoxy groups -OCH3 is 2. The SMILES string of the molecule is COc1ccc(/C=N\NC(=O)CCCCCCCCC(=O)N/N=C/c2ccc(OC)cc2)cc1. The zero-order chi connectivity index (χ0) is 24.4. The molecular formula is C26H34N4O4. The van der Waals surface area contributed by atoms with Gasteiger partial charge in [0.05, 0.1) is 26.6 Å². The molecule has 8 nitrogen and oxygen atoms in total. The van der Waals surface area contributed by atoms with Gasteiger partial charge in [0.25, 0.3) is 0 Å². The van der Waals surface area contributed by atoms with Gasteiger partial charge in [-0.15, -0.1) is 0 Å². The van der Waals surface area contributed by atoms with Crippen LogP contribution in [0.15, 0.2) is 58.7 Å². The van der Waals surface area contributed by atoms with Gasteiger partial charge in [0.1, 0.15) is 11.5 Å². The average molecular weight is 467 g/mol. The van der Waals surface area contributed by atoms with Gasteiger partial charge < -0.3 is 9.47 Å². The van der Waals surface area contributed by atoms with Crippen molar-refractivity contribution in [3.63, 3.8) is 0 Å². The van der Waals surface area contributed by atoms with Crippen LogP contribution in [0.25, 0.3) is 0 Å². The second-order valence-corrected chi connectivity index (χ2v) is 7.75. The Morgan fingerprint density at radius 2 is 1.00 bits per heavy atom. The summed E-state index contributed by atoms with van der Waals surface area (Å²) >= 11 is 0. The summed E-state index contributed by atoms with van der Waals surface area (Å²) in [5.41, 5.74) is 6.88. The quantitative estimate of drug-likeness (QED) is 0.230. The number of hydrogen-bond acceptors (Lipinski definition) is 6. The van der Waals surface area contributed by atoms with Gasteiger partial charge in [0.2, 0.25) is 11.8 Å². The lowest BCUT2D eigenvalue weighted by atomic mass is 10.1. The lowest BCUT2D eigenvalue weighted by Gasteiger charge is -2.03. The van der Waals surface area contributed by atoms with Gasteiger partial charge in [-0.05, 0) is 72.5 Å². The molecule has 2 amide bonds. The van der Waals surface area contributed by atoms with Crippen molar-refractivity contribution in [3.8, 4) is 11.5 Å². The van der Waals surface area contributed by atoms with E-state index in [1.807, 2.05) is 48.5 Å². The van der Waals surface area contributed by atoms with Gasteiger partial charge in [-0.2, -0.15) is 10.2 Å². The van der Waals surface area contributed by atoms with E-state index < -0.39 is 0 Å². The minimum atomic E-state index is -0.0865. The summed E-state index contributed by atoms with van der Waals surface area (Å²) in [5.74, 6) is 1.38. The van der Waals surface area contributed by atoms with Crippen molar-refractivity contribution in [1.29, 1.82) is 0 Å². The second kappa shape index (κ2) is 16.0. The third kappa shape index (κ3) is 11.3. The Hall–Kier alpha value is -3.68. The summed E-state index contributed by atoms with van der Waals surface area (Å²) in [6.45, 7) is 0. The number of rotatable bonds is 15. The van der Waals surface area contributed by atoms with Crippen molar-refractivity contribution < 1.29 is 19.1 Å². The Bertz CT molecular complexity index is 847. The highest BCUT2D eigenvalue weighted by atomic mass is 16.5. The van der Waals surface area contributed by atoms with Crippen molar-refractivity contribution in [2.45, 2.75) is 51.4 Å². The molecule has 2 aromatic carbocycles. The van der Waals surface area contributed by atoms with Crippen molar-refractivity contribution >= 4 is 24.2 Å². The monoisotopic (exact) mass is 466 g/mol. The molecule has 0 atom stereocenters. The van der Waals surface area contributed by atoms with Gasteiger partial charge >= 0.3 is 0 Å². The molecule has 2 N–H and O–H groups in total. The normalized spacial score (nSPS) is 11.0. The summed E-state index contributed by atoms with van der Waals surface area (Å²) < 4.78 is 10.2. The van der Waals surface area contributed by atoms with Crippen LogP contribution in [0.2, 0.25) is 0 Å². The Morgan fingerprint density at radius 3 is 1.35 bits per heavy atom. The minimum absolute atomic E-state index is 0.0865. The van der Waals surface area contributed by atoms with Crippen molar-refractivity contribution in [3.05, 3.63) is 59.7 Å². The molecule has 2 rings (SSSR count). The number of nitrogens with one attached hydrogen (secondary N) is 2. The molecule has 0 unspecified atom stereocenters. The van der Waals surface area contributed by atoms with Crippen LogP contribution in [0.5, 0.6) is 11.5 Å². The Balaban J connectivity index is 1.44. The third-order valence-electron chi connectivity index (χ3n) is 5.10. The number of hydrogen-bond donors (Lipinski definition) is 2. The molecule has 0 saturated heterocycles. The molecule has 0 radical (unpaired) electrons. The van der Waals surface area contributed by atoms with Gasteiger partial charge in [0.15, 0.2) is 0 Å². The van der Waals surface area contributed by atoms with Crippen molar-refractivity contribution in [2.24, 2.45) is 10.2 Å². The van der Waals surface area contributed by atoms with Gasteiger partial charge in [-0.1, -0.05) is 25.7 Å². The molecule has 0 spiro atoms. The fraction of sp³-hybridized carbons (Fsp3) is 0.385. The van der Waals surface area contributed by atoms with Crippen LogP contribution in [0.3, 0.4) is 0 Å². The van der Waals surface area contributed by atoms with Crippen LogP contribution in [-0.4, -0.2) is 38.5 Å². The van der Waals surface area contributed by atoms with E-state index in [0.717, 1.165) is 61.2 Å². The van der Waals surface area contributed by atoms with Gasteiger partial charge in [-0.25, -0.2) is 10.9 Å². The molecule has 0 heterocycles. The number of unbranched alkanes of at least 4 members (excludes halogenated alkanes) is 5. The Kier molecular flexibility index (Phi) is 12.5. The maximum atomic E-state index is 11.8. The molecule has 34 heavy (non-hydrogen) atoms. The number of carbonyl (C=O) groups is 2. The first-order chi connectivity index (χ1) is 16.6. The number of ether oxygens (including phenoxy) is 2. The number of carbonyl (C=O) groups excluding carboxylic acids is 2. The molecule has 0 aliphatic heterocycles. The van der Waals surface area contributed by atoms with E-state index in [9.17, 15) is 9.59 Å². The van der Waals surface area contributed by atoms with E-state index in [-0.39, 0.29) is 11.8 Å². The highest BCUT2D eigenvalue weighted by Gasteiger charge is 2.01. The lowest BCUT2D eigenvalue weighted by molar-refractivity contribution is -0.122. The van der Waals surface area contributed by atoms with E-state index in [0.29, 0.717) is 12.8 Å². The molecule has 0 aliphatic rings. The zero-order valence-corrected chi connectivity index (χ0v) is 20.0. The number of hydrazone groups is 2. The largest absolute Gasteiger partial charge is 0.497 e. The molecule has 0 fully saturated rings. The molecule has 8 heteroatoms. The lowest BCUT2D eigenvalue weighted by Crippen LogP contribution is -2.17. The van der Waals surface area contributed by atoms with Crippen molar-refractivity contribution in [1.82, 2.24) is 10.9 Å². The third-order valence-corrected chi connectivity index (χ3v) is 5.10. The van der Waals surface area contributed by atoms with E-state index in [1.54, 1.807) is 26.6 Å². The number of amides is 2. The van der Waals surface area contributed by atoms with E-state index in [2.05, 4.69) is 21.1 Å². The molecule has 0 saturated carbocycles. The van der Waals surface area contributed by atoms with E-state index >= 15 is 0 Å². The predicted octanol–water partition coefficient (Wildman–Crippen LogP) is 4.43. The zero-order valence-electron chi connectivity index (χ0n) is 20.0. The standard InChI is InChI=1S/C26H34N4O4/c1-33-23-15-11-21(12-16-23)19-27-29-25(31)9-7-5-3-4-6-8-10-26(32)30-28-20-22-13-17-24(34-2)18-14-22/h11-20H,3-10H2,1-2H3,(H,29,31)(H,30,32)/b27-19-,28-20+. The molecule has 2 aromatic rings. The van der Waals surface area contributed by atoms with Gasteiger partial charge in [0, 0.05) is 12.8 Å². The van der Waals surface area contributed by atoms with E-state index in [4.69, 9.17) is 9.47 Å². The summed E-state index contributed by atoms with van der Waals surface area (Å²) in [5, 5.41) is 7.96. The smallest absolute Gasteiger partial charge is 0.240 e. The Morgan fingerprint density at radius 1 is 0.647 bits per heavy atom. The first-order valence-electron chi connectivity index (χ1n) is 11.5. The summed E-state index contributed by atoms with van der Waals surface area (Å²) in [7, 11) is 3.23. The van der Waals surface area contributed by atoms with Crippen molar-refractivity contribution in [2.75, 3.05) is 14.2 Å². The number of benzene rings is 2. The highest BCUT2D eigenvalue weighted by Crippen LogP contribution is 2.11. The van der Waals surface area contributed by atoms with Crippen LogP contribution in [0.1, 0.15) is 62.5 Å². The molecule has 0 bridgehead atoms. The van der Waals surface area contributed by atoms with Crippen LogP contribution in [0, 0.1) is 0 Å². The summed E-state index contributed by atoms with van der Waals surface area (Å²) in [4.78, 5) is 23.7. The fourth-order valence-electron chi connectivity index (χ4n) is 3.13. The maximum Gasteiger partial charge on any atom is 0.240 e. The van der Waals surface area contributed by atoms with Crippen LogP contribution >= 0.6 is 0 Å². The molecule has 0 aliphatic carbocycles. The molecule has 182 valence electrons. The van der Waals surface area contributed by atoms with Crippen LogP contribution in [0.4, 0.5) is 0 Å².